The van der Waals surface area contributed by atoms with Crippen LogP contribution in [0, 0.1) is 17.0 Å². The number of carbonyl (C=O) groups is 1. The van der Waals surface area contributed by atoms with Crippen LogP contribution in [0.15, 0.2) is 36.9 Å². The minimum atomic E-state index is -0.835. The Kier molecular flexibility index (Phi) is 6.11. The second kappa shape index (κ2) is 9.36. The number of fused-ring (bicyclic) bond motifs is 1. The fourth-order valence-corrected chi connectivity index (χ4v) is 5.90. The molecule has 3 aliphatic heterocycles. The van der Waals surface area contributed by atoms with Gasteiger partial charge in [-0.05, 0) is 30.7 Å². The molecule has 3 aliphatic rings. The molecule has 0 saturated carbocycles. The van der Waals surface area contributed by atoms with Crippen LogP contribution in [-0.4, -0.2) is 78.4 Å². The molecule has 3 saturated heterocycles. The van der Waals surface area contributed by atoms with E-state index >= 15 is 4.39 Å². The highest BCUT2D eigenvalue weighted by Crippen LogP contribution is 2.44. The quantitative estimate of drug-likeness (QED) is 0.500. The second-order valence-corrected chi connectivity index (χ2v) is 10.5. The maximum Gasteiger partial charge on any atom is 0.246 e. The van der Waals surface area contributed by atoms with Crippen molar-refractivity contribution in [3.05, 3.63) is 53.6 Å². The van der Waals surface area contributed by atoms with E-state index in [1.54, 1.807) is 4.90 Å². The number of halogens is 3. The number of aromatic hydroxyl groups is 1. The van der Waals surface area contributed by atoms with E-state index in [9.17, 15) is 14.3 Å². The third-order valence-corrected chi connectivity index (χ3v) is 7.98. The number of ether oxygens (including phenoxy) is 1. The Morgan fingerprint density at radius 3 is 2.55 bits per heavy atom. The Morgan fingerprint density at radius 2 is 1.89 bits per heavy atom. The summed E-state index contributed by atoms with van der Waals surface area (Å²) in [7, 11) is 0. The molecule has 0 aliphatic carbocycles. The molecule has 38 heavy (non-hydrogen) atoms. The molecule has 3 aromatic rings. The Labute approximate surface area is 223 Å². The third-order valence-electron chi connectivity index (χ3n) is 7.68. The van der Waals surface area contributed by atoms with Crippen LogP contribution in [0.1, 0.15) is 6.42 Å². The molecule has 4 heterocycles. The zero-order valence-corrected chi connectivity index (χ0v) is 21.3. The molecular formula is C27H26ClF2N5O3. The van der Waals surface area contributed by atoms with E-state index in [2.05, 4.69) is 11.6 Å². The maximum absolute atomic E-state index is 16.2. The van der Waals surface area contributed by atoms with Gasteiger partial charge in [0, 0.05) is 62.2 Å². The molecule has 1 N–H and O–H groups in total. The van der Waals surface area contributed by atoms with Crippen molar-refractivity contribution in [2.75, 3.05) is 62.3 Å². The molecule has 8 nitrogen and oxygen atoms in total. The first-order valence-electron chi connectivity index (χ1n) is 12.5. The topological polar surface area (TPSA) is 82.0 Å². The molecule has 3 fully saturated rings. The summed E-state index contributed by atoms with van der Waals surface area (Å²) in [6.45, 7) is 8.17. The highest BCUT2D eigenvalue weighted by atomic mass is 35.5. The normalized spacial score (nSPS) is 18.8. The van der Waals surface area contributed by atoms with Crippen molar-refractivity contribution in [3.63, 3.8) is 0 Å². The molecule has 0 atom stereocenters. The summed E-state index contributed by atoms with van der Waals surface area (Å²) in [5.41, 5.74) is -0.532. The van der Waals surface area contributed by atoms with E-state index in [0.717, 1.165) is 12.5 Å². The number of rotatable bonds is 4. The fraction of sp³-hybridized carbons (Fsp3) is 0.370. The maximum atomic E-state index is 16.2. The highest BCUT2D eigenvalue weighted by molar-refractivity contribution is 6.34. The Hall–Kier alpha value is -3.50. The molecule has 0 unspecified atom stereocenters. The fourth-order valence-electron chi connectivity index (χ4n) is 5.61. The van der Waals surface area contributed by atoms with E-state index in [0.29, 0.717) is 69.6 Å². The molecule has 1 aromatic heterocycles. The standard InChI is InChI=1S/C27H26ClF2N5O3/c1-2-20(37)33-7-9-34(10-8-33)25-16-12-17(28)21(22-18(29)4-3-5-19(22)36)23(30)24(16)31-26(32-25)35-13-27(14-35)6-11-38-15-27/h2-5,12,36H,1,6-11,13-15H2. The first kappa shape index (κ1) is 24.8. The first-order chi connectivity index (χ1) is 18.3. The minimum Gasteiger partial charge on any atom is -0.507 e. The number of amides is 1. The monoisotopic (exact) mass is 541 g/mol. The smallest absolute Gasteiger partial charge is 0.246 e. The van der Waals surface area contributed by atoms with Crippen LogP contribution in [0.2, 0.25) is 5.02 Å². The summed E-state index contributed by atoms with van der Waals surface area (Å²) in [5, 5.41) is 10.7. The van der Waals surface area contributed by atoms with Crippen molar-refractivity contribution in [3.8, 4) is 16.9 Å². The van der Waals surface area contributed by atoms with E-state index < -0.39 is 17.4 Å². The Bertz CT molecular complexity index is 1430. The summed E-state index contributed by atoms with van der Waals surface area (Å²) in [6.07, 6.45) is 2.24. The number of anilines is 2. The van der Waals surface area contributed by atoms with Gasteiger partial charge in [-0.25, -0.2) is 13.8 Å². The Morgan fingerprint density at radius 1 is 1.13 bits per heavy atom. The van der Waals surface area contributed by atoms with Crippen LogP contribution in [0.3, 0.4) is 0 Å². The summed E-state index contributed by atoms with van der Waals surface area (Å²) in [6, 6.07) is 5.27. The van der Waals surface area contributed by atoms with Crippen molar-refractivity contribution in [1.82, 2.24) is 14.9 Å². The van der Waals surface area contributed by atoms with Crippen molar-refractivity contribution < 1.29 is 23.4 Å². The van der Waals surface area contributed by atoms with Crippen LogP contribution in [0.25, 0.3) is 22.0 Å². The average Bonchev–Trinajstić information content (AvgIpc) is 3.39. The van der Waals surface area contributed by atoms with E-state index in [-0.39, 0.29) is 33.0 Å². The average molecular weight is 542 g/mol. The largest absolute Gasteiger partial charge is 0.507 e. The third kappa shape index (κ3) is 4.03. The van der Waals surface area contributed by atoms with Gasteiger partial charge in [0.15, 0.2) is 5.82 Å². The lowest BCUT2D eigenvalue weighted by Crippen LogP contribution is -2.57. The number of carbonyl (C=O) groups excluding carboxylic acids is 1. The molecule has 6 rings (SSSR count). The van der Waals surface area contributed by atoms with Gasteiger partial charge in [0.25, 0.3) is 0 Å². The first-order valence-corrected chi connectivity index (χ1v) is 12.8. The number of hydrogen-bond acceptors (Lipinski definition) is 7. The van der Waals surface area contributed by atoms with Crippen LogP contribution >= 0.6 is 11.6 Å². The summed E-state index contributed by atoms with van der Waals surface area (Å²) >= 11 is 6.52. The molecule has 2 aromatic carbocycles. The number of phenols is 1. The van der Waals surface area contributed by atoms with Crippen molar-refractivity contribution in [2.24, 2.45) is 5.41 Å². The molecule has 11 heteroatoms. The number of aromatic nitrogens is 2. The number of piperazine rings is 1. The number of hydrogen-bond donors (Lipinski definition) is 1. The van der Waals surface area contributed by atoms with Gasteiger partial charge in [-0.3, -0.25) is 4.79 Å². The molecule has 0 radical (unpaired) electrons. The second-order valence-electron chi connectivity index (χ2n) is 10.1. The van der Waals surface area contributed by atoms with Crippen molar-refractivity contribution >= 4 is 40.2 Å². The van der Waals surface area contributed by atoms with Gasteiger partial charge >= 0.3 is 0 Å². The molecule has 198 valence electrons. The molecule has 1 amide bonds. The molecule has 0 bridgehead atoms. The highest BCUT2D eigenvalue weighted by Gasteiger charge is 2.47. The van der Waals surface area contributed by atoms with Crippen molar-refractivity contribution in [1.29, 1.82) is 0 Å². The van der Waals surface area contributed by atoms with Gasteiger partial charge in [0.1, 0.15) is 22.9 Å². The van der Waals surface area contributed by atoms with Crippen LogP contribution in [0.5, 0.6) is 5.75 Å². The summed E-state index contributed by atoms with van der Waals surface area (Å²) in [5.74, 6) is -1.35. The van der Waals surface area contributed by atoms with Crippen LogP contribution in [-0.2, 0) is 9.53 Å². The SMILES string of the molecule is C=CC(=O)N1CCN(c2nc(N3CC4(CCOC4)C3)nc3c(F)c(-c4c(O)cccc4F)c(Cl)cc23)CC1. The van der Waals surface area contributed by atoms with E-state index in [1.165, 1.54) is 24.3 Å². The lowest BCUT2D eigenvalue weighted by molar-refractivity contribution is -0.126. The predicted molar refractivity (Wildman–Crippen MR) is 141 cm³/mol. The van der Waals surface area contributed by atoms with E-state index in [4.69, 9.17) is 21.3 Å². The van der Waals surface area contributed by atoms with Crippen LogP contribution < -0.4 is 9.80 Å². The van der Waals surface area contributed by atoms with E-state index in [1.807, 2.05) is 9.80 Å². The zero-order valence-electron chi connectivity index (χ0n) is 20.6. The van der Waals surface area contributed by atoms with Gasteiger partial charge < -0.3 is 24.5 Å². The van der Waals surface area contributed by atoms with Gasteiger partial charge in [0.05, 0.1) is 17.2 Å². The van der Waals surface area contributed by atoms with Gasteiger partial charge in [-0.1, -0.05) is 24.2 Å². The van der Waals surface area contributed by atoms with Gasteiger partial charge in [0.2, 0.25) is 11.9 Å². The lowest BCUT2D eigenvalue weighted by atomic mass is 9.79. The van der Waals surface area contributed by atoms with Gasteiger partial charge in [-0.2, -0.15) is 4.98 Å². The summed E-state index contributed by atoms with van der Waals surface area (Å²) in [4.78, 5) is 27.2. The van der Waals surface area contributed by atoms with Crippen LogP contribution in [0.4, 0.5) is 20.5 Å². The zero-order chi connectivity index (χ0) is 26.6. The summed E-state index contributed by atoms with van der Waals surface area (Å²) < 4.78 is 36.6. The van der Waals surface area contributed by atoms with Crippen molar-refractivity contribution in [2.45, 2.75) is 6.42 Å². The number of nitrogens with zero attached hydrogens (tertiary/aromatic N) is 5. The molecular weight excluding hydrogens is 516 g/mol. The Balaban J connectivity index is 1.47. The predicted octanol–water partition coefficient (Wildman–Crippen LogP) is 4.00. The number of phenolic OH excluding ortho intramolecular Hbond substituents is 1. The number of benzene rings is 2. The molecule has 1 spiro atoms. The lowest BCUT2D eigenvalue weighted by Gasteiger charge is -2.47. The van der Waals surface area contributed by atoms with Gasteiger partial charge in [-0.15, -0.1) is 0 Å². The minimum absolute atomic E-state index is 0.0136.